The van der Waals surface area contributed by atoms with Crippen molar-refractivity contribution in [3.05, 3.63) is 65.2 Å². The van der Waals surface area contributed by atoms with Crippen LogP contribution >= 0.6 is 11.8 Å². The number of esters is 1. The van der Waals surface area contributed by atoms with E-state index in [0.29, 0.717) is 41.5 Å². The lowest BCUT2D eigenvalue weighted by atomic mass is 9.55. The molecule has 3 unspecified atom stereocenters. The van der Waals surface area contributed by atoms with E-state index >= 15 is 0 Å². The maximum Gasteiger partial charge on any atom is 0.408 e. The summed E-state index contributed by atoms with van der Waals surface area (Å²) in [6.07, 6.45) is 7.56. The minimum Gasteiger partial charge on any atom is -0.445 e. The van der Waals surface area contributed by atoms with Gasteiger partial charge in [0.2, 0.25) is 0 Å². The Morgan fingerprint density at radius 3 is 2.71 bits per heavy atom. The molecule has 2 aromatic carbocycles. The van der Waals surface area contributed by atoms with Crippen molar-refractivity contribution < 1.29 is 23.9 Å². The lowest BCUT2D eigenvalue weighted by molar-refractivity contribution is -0.136. The number of thioether (sulfide) groups is 1. The van der Waals surface area contributed by atoms with Gasteiger partial charge in [0.15, 0.2) is 0 Å². The van der Waals surface area contributed by atoms with Crippen molar-refractivity contribution in [1.29, 1.82) is 0 Å². The second-order valence-electron chi connectivity index (χ2n) is 11.2. The zero-order valence-electron chi connectivity index (χ0n) is 22.2. The van der Waals surface area contributed by atoms with Gasteiger partial charge < -0.3 is 14.8 Å². The number of rotatable bonds is 8. The molecule has 2 saturated carbocycles. The maximum absolute atomic E-state index is 13.1. The molecule has 3 aliphatic rings. The van der Waals surface area contributed by atoms with Crippen LogP contribution in [0.1, 0.15) is 68.1 Å². The summed E-state index contributed by atoms with van der Waals surface area (Å²) in [5.74, 6) is 2.71. The topological polar surface area (TPSA) is 81.7 Å². The molecule has 2 fully saturated rings. The van der Waals surface area contributed by atoms with Gasteiger partial charge in [-0.1, -0.05) is 43.3 Å². The number of nitrogens with one attached hydrogen (secondary N) is 1. The Kier molecular flexibility index (Phi) is 8.12. The Morgan fingerprint density at radius 1 is 1.11 bits per heavy atom. The molecule has 5 atom stereocenters. The first kappa shape index (κ1) is 26.8. The second kappa shape index (κ2) is 11.5. The van der Waals surface area contributed by atoms with E-state index in [0.717, 1.165) is 44.1 Å². The van der Waals surface area contributed by atoms with E-state index in [1.807, 2.05) is 48.7 Å². The molecule has 0 aromatic heterocycles. The molecule has 2 aromatic rings. The van der Waals surface area contributed by atoms with Gasteiger partial charge in [0.05, 0.1) is 0 Å². The lowest BCUT2D eigenvalue weighted by Gasteiger charge is -2.48. The van der Waals surface area contributed by atoms with E-state index in [9.17, 15) is 14.4 Å². The fourth-order valence-electron chi connectivity index (χ4n) is 6.97. The third-order valence-electron chi connectivity index (χ3n) is 9.03. The number of aryl methyl sites for hydroxylation is 1. The van der Waals surface area contributed by atoms with Crippen LogP contribution in [-0.2, 0) is 27.4 Å². The predicted molar refractivity (Wildman–Crippen MR) is 148 cm³/mol. The number of ketones is 1. The number of hydrogen-bond acceptors (Lipinski definition) is 6. The molecule has 5 rings (SSSR count). The van der Waals surface area contributed by atoms with Crippen molar-refractivity contribution in [3.63, 3.8) is 0 Å². The molecule has 7 heteroatoms. The summed E-state index contributed by atoms with van der Waals surface area (Å²) in [6, 6.07) is 14.6. The second-order valence-corrected chi connectivity index (χ2v) is 12.1. The normalized spacial score (nSPS) is 26.5. The molecular weight excluding hydrogens is 498 g/mol. The molecule has 0 radical (unpaired) electrons. The summed E-state index contributed by atoms with van der Waals surface area (Å²) in [7, 11) is 0. The Hall–Kier alpha value is -2.80. The minimum absolute atomic E-state index is 0.130. The van der Waals surface area contributed by atoms with Crippen LogP contribution in [0, 0.1) is 17.3 Å². The molecule has 3 aliphatic carbocycles. The zero-order chi connectivity index (χ0) is 26.7. The average molecular weight is 536 g/mol. The van der Waals surface area contributed by atoms with Crippen LogP contribution in [0.5, 0.6) is 5.75 Å². The number of fused-ring (bicyclic) bond motifs is 5. The van der Waals surface area contributed by atoms with Crippen molar-refractivity contribution >= 4 is 29.6 Å². The van der Waals surface area contributed by atoms with Crippen molar-refractivity contribution in [3.8, 4) is 5.75 Å². The van der Waals surface area contributed by atoms with E-state index in [1.165, 1.54) is 11.1 Å². The van der Waals surface area contributed by atoms with Crippen LogP contribution in [0.2, 0.25) is 0 Å². The highest BCUT2D eigenvalue weighted by Gasteiger charge is 2.54. The molecule has 0 bridgehead atoms. The van der Waals surface area contributed by atoms with Gasteiger partial charge in [0, 0.05) is 11.8 Å². The molecule has 38 heavy (non-hydrogen) atoms. The fourth-order valence-corrected chi connectivity index (χ4v) is 7.44. The van der Waals surface area contributed by atoms with E-state index in [4.69, 9.17) is 9.47 Å². The summed E-state index contributed by atoms with van der Waals surface area (Å²) in [5, 5.41) is 2.69. The molecule has 202 valence electrons. The Labute approximate surface area is 229 Å². The smallest absolute Gasteiger partial charge is 0.408 e. The van der Waals surface area contributed by atoms with Gasteiger partial charge in [0.1, 0.15) is 24.2 Å². The van der Waals surface area contributed by atoms with Crippen molar-refractivity contribution in [2.45, 2.75) is 70.4 Å². The monoisotopic (exact) mass is 535 g/mol. The first-order valence-corrected chi connectivity index (χ1v) is 15.1. The minimum atomic E-state index is -0.790. The highest BCUT2D eigenvalue weighted by atomic mass is 32.2. The average Bonchev–Trinajstić information content (AvgIpc) is 3.24. The maximum atomic E-state index is 13.1. The molecule has 1 amide bonds. The molecule has 0 spiro atoms. The zero-order valence-corrected chi connectivity index (χ0v) is 23.1. The summed E-state index contributed by atoms with van der Waals surface area (Å²) in [6.45, 7) is 2.33. The largest absolute Gasteiger partial charge is 0.445 e. The standard InChI is InChI=1S/C31H37NO5S/c1-31-16-14-24-23-11-9-22(18-21(23)8-10-25(24)26(31)12-13-28(31)33)37-29(34)27(15-17-38-2)32-30(35)36-19-20-6-4-3-5-7-20/h3-7,9,11,18,24-27H,8,10,12-17,19H2,1-2H3,(H,32,35)/t24?,25?,26?,27-,31-/m0/s1. The van der Waals surface area contributed by atoms with E-state index in [-0.39, 0.29) is 12.0 Å². The van der Waals surface area contributed by atoms with Crippen molar-refractivity contribution in [2.75, 3.05) is 12.0 Å². The van der Waals surface area contributed by atoms with E-state index in [1.54, 1.807) is 11.8 Å². The SMILES string of the molecule is CSCC[C@H](NC(=O)OCc1ccccc1)C(=O)Oc1ccc2c(c1)CCC1C2CC[C@]2(C)C(=O)CCC12. The van der Waals surface area contributed by atoms with Gasteiger partial charge in [-0.2, -0.15) is 11.8 Å². The van der Waals surface area contributed by atoms with Crippen LogP contribution in [0.4, 0.5) is 4.79 Å². The third-order valence-corrected chi connectivity index (χ3v) is 9.67. The number of benzene rings is 2. The first-order valence-electron chi connectivity index (χ1n) is 13.7. The number of carbonyl (C=O) groups excluding carboxylic acids is 3. The van der Waals surface area contributed by atoms with Gasteiger partial charge in [-0.15, -0.1) is 0 Å². The van der Waals surface area contributed by atoms with Gasteiger partial charge in [-0.25, -0.2) is 9.59 Å². The predicted octanol–water partition coefficient (Wildman–Crippen LogP) is 6.07. The van der Waals surface area contributed by atoms with E-state index in [2.05, 4.69) is 18.3 Å². The van der Waals surface area contributed by atoms with Crippen LogP contribution < -0.4 is 10.1 Å². The number of amides is 1. The number of Topliss-reactive ketones (excluding diaryl/α,β-unsaturated/α-hetero) is 1. The van der Waals surface area contributed by atoms with Crippen LogP contribution in [-0.4, -0.2) is 35.9 Å². The van der Waals surface area contributed by atoms with Gasteiger partial charge in [0.25, 0.3) is 0 Å². The molecule has 6 nitrogen and oxygen atoms in total. The highest BCUT2D eigenvalue weighted by molar-refractivity contribution is 7.98. The van der Waals surface area contributed by atoms with Crippen LogP contribution in [0.25, 0.3) is 0 Å². The van der Waals surface area contributed by atoms with Crippen molar-refractivity contribution in [1.82, 2.24) is 5.32 Å². The highest BCUT2D eigenvalue weighted by Crippen LogP contribution is 2.59. The molecule has 1 N–H and O–H groups in total. The third kappa shape index (κ3) is 5.49. The fraction of sp³-hybridized carbons (Fsp3) is 0.516. The Morgan fingerprint density at radius 2 is 1.92 bits per heavy atom. The van der Waals surface area contributed by atoms with Gasteiger partial charge in [-0.3, -0.25) is 4.79 Å². The summed E-state index contributed by atoms with van der Waals surface area (Å²) in [5.41, 5.74) is 3.34. The van der Waals surface area contributed by atoms with Crippen LogP contribution in [0.15, 0.2) is 48.5 Å². The van der Waals surface area contributed by atoms with Gasteiger partial charge >= 0.3 is 12.1 Å². The number of hydrogen-bond donors (Lipinski definition) is 1. The van der Waals surface area contributed by atoms with E-state index < -0.39 is 18.1 Å². The van der Waals surface area contributed by atoms with Gasteiger partial charge in [-0.05, 0) is 97.1 Å². The number of ether oxygens (including phenoxy) is 2. The first-order chi connectivity index (χ1) is 18.4. The Bertz CT molecular complexity index is 1180. The molecule has 0 aliphatic heterocycles. The lowest BCUT2D eigenvalue weighted by Crippen LogP contribution is -2.43. The molecular formula is C31H37NO5S. The van der Waals surface area contributed by atoms with Crippen molar-refractivity contribution in [2.24, 2.45) is 17.3 Å². The quantitative estimate of drug-likeness (QED) is 0.327. The van der Waals surface area contributed by atoms with Crippen LogP contribution in [0.3, 0.4) is 0 Å². The summed E-state index contributed by atoms with van der Waals surface area (Å²) >= 11 is 1.61. The Balaban J connectivity index is 1.22. The number of carbonyl (C=O) groups is 3. The summed E-state index contributed by atoms with van der Waals surface area (Å²) < 4.78 is 11.1. The molecule has 0 heterocycles. The molecule has 0 saturated heterocycles. The summed E-state index contributed by atoms with van der Waals surface area (Å²) in [4.78, 5) is 38.1. The number of alkyl carbamates (subject to hydrolysis) is 1.